The van der Waals surface area contributed by atoms with Crippen LogP contribution in [0.15, 0.2) is 82.9 Å². The normalized spacial score (nSPS) is 14.4. The molecule has 0 saturated heterocycles. The first-order chi connectivity index (χ1) is 25.4. The Morgan fingerprint density at radius 1 is 0.981 bits per heavy atom. The maximum absolute atomic E-state index is 12.2. The van der Waals surface area contributed by atoms with Crippen LogP contribution in [0.5, 0.6) is 5.75 Å². The van der Waals surface area contributed by atoms with E-state index in [1.165, 1.54) is 55.2 Å². The van der Waals surface area contributed by atoms with Crippen molar-refractivity contribution < 1.29 is 19.1 Å². The number of aliphatic imine (C=N–C) groups is 1. The van der Waals surface area contributed by atoms with E-state index in [1.807, 2.05) is 83.5 Å². The Kier molecular flexibility index (Phi) is 24.4. The third-order valence-electron chi connectivity index (χ3n) is 9.75. The van der Waals surface area contributed by atoms with Gasteiger partial charge in [0.1, 0.15) is 5.75 Å². The Balaban J connectivity index is 0.000000440. The summed E-state index contributed by atoms with van der Waals surface area (Å²) in [6.45, 7) is 19.2. The molecule has 0 spiro atoms. The van der Waals surface area contributed by atoms with Gasteiger partial charge < -0.3 is 10.1 Å². The van der Waals surface area contributed by atoms with Gasteiger partial charge in [-0.15, -0.1) is 0 Å². The molecule has 1 saturated carbocycles. The van der Waals surface area contributed by atoms with Crippen molar-refractivity contribution in [3.05, 3.63) is 100 Å². The van der Waals surface area contributed by atoms with Crippen LogP contribution in [-0.4, -0.2) is 43.9 Å². The monoisotopic (exact) mass is 727 g/mol. The molecule has 2 aromatic carbocycles. The lowest BCUT2D eigenvalue weighted by molar-refractivity contribution is -0.140. The summed E-state index contributed by atoms with van der Waals surface area (Å²) in [5, 5.41) is 2.59. The van der Waals surface area contributed by atoms with Gasteiger partial charge in [-0.05, 0) is 119 Å². The quantitative estimate of drug-likeness (QED) is 0.0513. The number of carbonyl (C=O) groups excluding carboxylic acids is 3. The van der Waals surface area contributed by atoms with E-state index in [0.29, 0.717) is 25.3 Å². The zero-order valence-corrected chi connectivity index (χ0v) is 34.7. The Bertz CT molecular complexity index is 1490. The molecule has 2 unspecified atom stereocenters. The molecular weight excluding hydrogens is 657 g/mol. The van der Waals surface area contributed by atoms with Crippen molar-refractivity contribution in [3.8, 4) is 5.75 Å². The number of likely N-dealkylation sites (N-methyl/N-ethyl adjacent to an activating group) is 1. The number of amides is 1. The van der Waals surface area contributed by atoms with Gasteiger partial charge in [0, 0.05) is 31.3 Å². The molecule has 0 aliphatic heterocycles. The lowest BCUT2D eigenvalue weighted by Gasteiger charge is -2.24. The molecule has 1 aliphatic rings. The zero-order valence-electron chi connectivity index (χ0n) is 34.7. The molecule has 292 valence electrons. The Hall–Kier alpha value is -4.06. The highest BCUT2D eigenvalue weighted by molar-refractivity contribution is 6.36. The van der Waals surface area contributed by atoms with Gasteiger partial charge >= 0.3 is 0 Å². The number of ketones is 2. The minimum absolute atomic E-state index is 0.125. The summed E-state index contributed by atoms with van der Waals surface area (Å²) in [5.41, 5.74) is 6.90. The smallest absolute Gasteiger partial charge is 0.287 e. The predicted octanol–water partition coefficient (Wildman–Crippen LogP) is 11.3. The number of hydrogen-bond acceptors (Lipinski definition) is 5. The molecule has 6 heteroatoms. The van der Waals surface area contributed by atoms with Gasteiger partial charge in [-0.25, -0.2) is 0 Å². The number of ether oxygens (including phenoxy) is 1. The molecule has 2 atom stereocenters. The summed E-state index contributed by atoms with van der Waals surface area (Å²) in [6.07, 6.45) is 21.1. The molecule has 0 bridgehead atoms. The van der Waals surface area contributed by atoms with Gasteiger partial charge in [-0.3, -0.25) is 19.4 Å². The number of aryl methyl sites for hydroxylation is 1. The number of nitrogens with zero attached hydrogens (tertiary/aromatic N) is 1. The SMILES string of the molecule is CCC(C)c1ccc(C)cc1C=NC.CCNC(=O)C(=O)C(CC)Cc1ccc(OCCCCC2CCC2)cc1.C\C=C/C=C(C(C)=O)\C(C)=C\CC. The van der Waals surface area contributed by atoms with E-state index in [4.69, 9.17) is 4.74 Å². The van der Waals surface area contributed by atoms with Gasteiger partial charge in [-0.2, -0.15) is 0 Å². The Morgan fingerprint density at radius 3 is 2.21 bits per heavy atom. The van der Waals surface area contributed by atoms with E-state index in [-0.39, 0.29) is 17.5 Å². The van der Waals surface area contributed by atoms with Gasteiger partial charge in [0.25, 0.3) is 5.91 Å². The first kappa shape index (κ1) is 47.0. The number of benzene rings is 2. The lowest BCUT2D eigenvalue weighted by atomic mass is 9.82. The van der Waals surface area contributed by atoms with E-state index in [1.54, 1.807) is 6.92 Å². The molecule has 6 nitrogen and oxygen atoms in total. The van der Waals surface area contributed by atoms with Crippen molar-refractivity contribution in [2.75, 3.05) is 20.2 Å². The molecule has 53 heavy (non-hydrogen) atoms. The van der Waals surface area contributed by atoms with E-state index in [9.17, 15) is 14.4 Å². The van der Waals surface area contributed by atoms with Crippen molar-refractivity contribution >= 4 is 23.7 Å². The number of hydrogen-bond donors (Lipinski definition) is 1. The molecule has 2 aromatic rings. The summed E-state index contributed by atoms with van der Waals surface area (Å²) in [7, 11) is 1.82. The minimum Gasteiger partial charge on any atom is -0.494 e. The highest BCUT2D eigenvalue weighted by Gasteiger charge is 2.23. The van der Waals surface area contributed by atoms with Crippen LogP contribution in [-0.2, 0) is 20.8 Å². The minimum atomic E-state index is -0.471. The second-order valence-electron chi connectivity index (χ2n) is 14.1. The topological polar surface area (TPSA) is 84.8 Å². The van der Waals surface area contributed by atoms with Crippen LogP contribution < -0.4 is 10.1 Å². The Labute approximate surface area is 322 Å². The average Bonchev–Trinajstić information content (AvgIpc) is 3.12. The molecule has 1 fully saturated rings. The molecule has 0 heterocycles. The molecule has 0 aromatic heterocycles. The summed E-state index contributed by atoms with van der Waals surface area (Å²) in [5.74, 6) is 1.54. The van der Waals surface area contributed by atoms with Crippen LogP contribution in [0.1, 0.15) is 141 Å². The molecule has 1 aliphatic carbocycles. The predicted molar refractivity (Wildman–Crippen MR) is 225 cm³/mol. The number of unbranched alkanes of at least 4 members (excludes halogenated alkanes) is 1. The maximum Gasteiger partial charge on any atom is 0.287 e. The fraction of sp³-hybridized carbons (Fsp3) is 0.532. The number of carbonyl (C=O) groups is 3. The van der Waals surface area contributed by atoms with Crippen molar-refractivity contribution in [3.63, 3.8) is 0 Å². The highest BCUT2D eigenvalue weighted by Crippen LogP contribution is 2.31. The number of Topliss-reactive ketones (excluding diaryl/α,β-unsaturated/α-hetero) is 2. The van der Waals surface area contributed by atoms with Crippen LogP contribution in [0.25, 0.3) is 0 Å². The van der Waals surface area contributed by atoms with Gasteiger partial charge in [0.05, 0.1) is 6.61 Å². The van der Waals surface area contributed by atoms with Crippen LogP contribution in [0.4, 0.5) is 0 Å². The average molecular weight is 727 g/mol. The highest BCUT2D eigenvalue weighted by atomic mass is 16.5. The molecule has 1 N–H and O–H groups in total. The second kappa shape index (κ2) is 27.5. The maximum atomic E-state index is 12.2. The zero-order chi connectivity index (χ0) is 39.6. The summed E-state index contributed by atoms with van der Waals surface area (Å²) >= 11 is 0. The summed E-state index contributed by atoms with van der Waals surface area (Å²) in [6, 6.07) is 14.5. The molecular formula is C47H70N2O4. The van der Waals surface area contributed by atoms with E-state index in [0.717, 1.165) is 47.8 Å². The van der Waals surface area contributed by atoms with Crippen LogP contribution in [0, 0.1) is 18.8 Å². The lowest BCUT2D eigenvalue weighted by Crippen LogP contribution is -2.35. The third-order valence-corrected chi connectivity index (χ3v) is 9.75. The van der Waals surface area contributed by atoms with Crippen LogP contribution in [0.3, 0.4) is 0 Å². The van der Waals surface area contributed by atoms with Crippen molar-refractivity contribution in [1.82, 2.24) is 5.32 Å². The number of nitrogens with one attached hydrogen (secondary N) is 1. The first-order valence-electron chi connectivity index (χ1n) is 20.0. The summed E-state index contributed by atoms with van der Waals surface area (Å²) in [4.78, 5) is 39.2. The summed E-state index contributed by atoms with van der Waals surface area (Å²) < 4.78 is 5.81. The van der Waals surface area contributed by atoms with Crippen molar-refractivity contribution in [2.45, 2.75) is 132 Å². The standard InChI is InChI=1S/C22H33NO3.C13H19N.C12H18O/c1-3-19(21(24)22(25)23-4-2)16-18-11-13-20(14-12-18)26-15-6-5-8-17-9-7-10-17;1-5-11(3)13-7-6-10(2)8-12(13)9-14-4;1-5-7-9-12(11(4)13)10(3)8-6-2/h11-14,17,19H,3-10,15-16H2,1-2H3,(H,23,25);6-9,11H,5H2,1-4H3;5,7-9H,6H2,1-4H3/b;;7-5-,10-8+,12-9+. The second-order valence-corrected chi connectivity index (χ2v) is 14.1. The third kappa shape index (κ3) is 18.5. The van der Waals surface area contributed by atoms with E-state index < -0.39 is 5.91 Å². The fourth-order valence-corrected chi connectivity index (χ4v) is 6.12. The molecule has 0 radical (unpaired) electrons. The van der Waals surface area contributed by atoms with Crippen LogP contribution >= 0.6 is 0 Å². The molecule has 3 rings (SSSR count). The van der Waals surface area contributed by atoms with Gasteiger partial charge in [-0.1, -0.05) is 114 Å². The van der Waals surface area contributed by atoms with Crippen LogP contribution in [0.2, 0.25) is 0 Å². The van der Waals surface area contributed by atoms with E-state index >= 15 is 0 Å². The fourth-order valence-electron chi connectivity index (χ4n) is 6.12. The largest absolute Gasteiger partial charge is 0.494 e. The number of allylic oxidation sites excluding steroid dienone is 6. The van der Waals surface area contributed by atoms with E-state index in [2.05, 4.69) is 62.3 Å². The first-order valence-corrected chi connectivity index (χ1v) is 20.0. The number of rotatable bonds is 19. The van der Waals surface area contributed by atoms with Gasteiger partial charge in [0.2, 0.25) is 5.78 Å². The van der Waals surface area contributed by atoms with Crippen molar-refractivity contribution in [1.29, 1.82) is 0 Å². The Morgan fingerprint density at radius 2 is 1.68 bits per heavy atom. The van der Waals surface area contributed by atoms with Gasteiger partial charge in [0.15, 0.2) is 5.78 Å². The molecule has 1 amide bonds. The van der Waals surface area contributed by atoms with Crippen molar-refractivity contribution in [2.24, 2.45) is 16.8 Å².